The molecule has 0 atom stereocenters. The Morgan fingerprint density at radius 3 is 2.62 bits per heavy atom. The van der Waals surface area contributed by atoms with E-state index in [9.17, 15) is 0 Å². The second kappa shape index (κ2) is 4.93. The fourth-order valence-electron chi connectivity index (χ4n) is 1.15. The van der Waals surface area contributed by atoms with Crippen molar-refractivity contribution in [3.8, 4) is 0 Å². The van der Waals surface area contributed by atoms with Crippen LogP contribution in [-0.4, -0.2) is 15.0 Å². The van der Waals surface area contributed by atoms with Crippen LogP contribution in [-0.2, 0) is 0 Å². The molecule has 0 aliphatic heterocycles. The third-order valence-electron chi connectivity index (χ3n) is 1.96. The summed E-state index contributed by atoms with van der Waals surface area (Å²) in [7, 11) is 0. The Balaban J connectivity index is 2.24. The fraction of sp³-hybridized carbons (Fsp3) is 0.182. The van der Waals surface area contributed by atoms with E-state index in [1.165, 1.54) is 11.8 Å². The molecule has 82 valence electrons. The first-order valence-corrected chi connectivity index (χ1v) is 6.37. The normalized spacial score (nSPS) is 10.4. The molecule has 0 aliphatic carbocycles. The van der Waals surface area contributed by atoms with Crippen LogP contribution in [0.2, 0.25) is 0 Å². The van der Waals surface area contributed by atoms with Gasteiger partial charge in [-0.2, -0.15) is 0 Å². The molecule has 16 heavy (non-hydrogen) atoms. The number of rotatable bonds is 2. The van der Waals surface area contributed by atoms with Gasteiger partial charge in [-0.15, -0.1) is 0 Å². The van der Waals surface area contributed by atoms with Gasteiger partial charge in [0.1, 0.15) is 5.03 Å². The van der Waals surface area contributed by atoms with Crippen molar-refractivity contribution in [3.05, 3.63) is 40.3 Å². The average Bonchev–Trinajstić information content (AvgIpc) is 2.24. The molecule has 0 aromatic carbocycles. The lowest BCUT2D eigenvalue weighted by atomic mass is 10.4. The maximum atomic E-state index is 4.43. The second-order valence-electron chi connectivity index (χ2n) is 3.30. The van der Waals surface area contributed by atoms with Crippen LogP contribution in [0.25, 0.3) is 0 Å². The minimum Gasteiger partial charge on any atom is -0.245 e. The third-order valence-corrected chi connectivity index (χ3v) is 3.62. The zero-order valence-electron chi connectivity index (χ0n) is 8.94. The van der Waals surface area contributed by atoms with E-state index in [-0.39, 0.29) is 0 Å². The van der Waals surface area contributed by atoms with E-state index in [4.69, 9.17) is 0 Å². The van der Waals surface area contributed by atoms with Crippen LogP contribution in [0, 0.1) is 13.8 Å². The number of nitrogens with zero attached hydrogens (tertiary/aromatic N) is 3. The minimum atomic E-state index is 0.731. The topological polar surface area (TPSA) is 38.7 Å². The highest BCUT2D eigenvalue weighted by Gasteiger charge is 2.03. The molecule has 0 aliphatic rings. The lowest BCUT2D eigenvalue weighted by Crippen LogP contribution is -1.90. The molecule has 3 nitrogen and oxygen atoms in total. The first-order valence-electron chi connectivity index (χ1n) is 4.76. The molecule has 2 rings (SSSR count). The number of pyridine rings is 1. The monoisotopic (exact) mass is 295 g/mol. The van der Waals surface area contributed by atoms with Crippen LogP contribution in [0.1, 0.15) is 11.4 Å². The molecule has 0 amide bonds. The molecule has 0 fully saturated rings. The van der Waals surface area contributed by atoms with Gasteiger partial charge in [0.15, 0.2) is 5.16 Å². The van der Waals surface area contributed by atoms with E-state index in [0.717, 1.165) is 26.0 Å². The van der Waals surface area contributed by atoms with Crippen LogP contribution in [0.3, 0.4) is 0 Å². The molecule has 0 saturated heterocycles. The van der Waals surface area contributed by atoms with Gasteiger partial charge in [0.05, 0.1) is 5.69 Å². The summed E-state index contributed by atoms with van der Waals surface area (Å²) in [4.78, 5) is 12.9. The Labute approximate surface area is 107 Å². The molecule has 0 spiro atoms. The van der Waals surface area contributed by atoms with Gasteiger partial charge >= 0.3 is 0 Å². The summed E-state index contributed by atoms with van der Waals surface area (Å²) in [5, 5.41) is 1.64. The molecular weight excluding hydrogens is 286 g/mol. The Morgan fingerprint density at radius 2 is 1.94 bits per heavy atom. The average molecular weight is 296 g/mol. The molecule has 2 aromatic heterocycles. The highest BCUT2D eigenvalue weighted by Crippen LogP contribution is 2.25. The van der Waals surface area contributed by atoms with Gasteiger partial charge in [0, 0.05) is 16.4 Å². The van der Waals surface area contributed by atoms with Crippen molar-refractivity contribution in [2.75, 3.05) is 0 Å². The van der Waals surface area contributed by atoms with Crippen LogP contribution in [0.4, 0.5) is 0 Å². The largest absolute Gasteiger partial charge is 0.245 e. The van der Waals surface area contributed by atoms with Gasteiger partial charge in [-0.25, -0.2) is 15.0 Å². The first kappa shape index (κ1) is 11.5. The van der Waals surface area contributed by atoms with E-state index in [0.29, 0.717) is 0 Å². The summed E-state index contributed by atoms with van der Waals surface area (Å²) < 4.78 is 1.02. The van der Waals surface area contributed by atoms with Gasteiger partial charge in [0.2, 0.25) is 0 Å². The zero-order chi connectivity index (χ0) is 11.5. The maximum absolute atomic E-state index is 4.43. The fourth-order valence-corrected chi connectivity index (χ4v) is 2.18. The van der Waals surface area contributed by atoms with Crippen molar-refractivity contribution in [2.24, 2.45) is 0 Å². The number of hydrogen-bond acceptors (Lipinski definition) is 4. The predicted octanol–water partition coefficient (Wildman–Crippen LogP) is 3.40. The molecule has 0 saturated carbocycles. The van der Waals surface area contributed by atoms with Crippen molar-refractivity contribution in [1.82, 2.24) is 15.0 Å². The third kappa shape index (κ3) is 2.80. The zero-order valence-corrected chi connectivity index (χ0v) is 11.3. The second-order valence-corrected chi connectivity index (χ2v) is 5.14. The van der Waals surface area contributed by atoms with Gasteiger partial charge in [0.25, 0.3) is 0 Å². The van der Waals surface area contributed by atoms with Crippen LogP contribution in [0.15, 0.2) is 39.1 Å². The van der Waals surface area contributed by atoms with Crippen LogP contribution < -0.4 is 0 Å². The van der Waals surface area contributed by atoms with Gasteiger partial charge < -0.3 is 0 Å². The standard InChI is InChI=1S/C11H10BrN3S/c1-7-5-6-13-11(14-7)16-10-4-3-9(12)8(2)15-10/h3-6H,1-2H3. The molecule has 0 radical (unpaired) electrons. The summed E-state index contributed by atoms with van der Waals surface area (Å²) in [6, 6.07) is 5.82. The number of aromatic nitrogens is 3. The maximum Gasteiger partial charge on any atom is 0.194 e. The molecule has 2 heterocycles. The van der Waals surface area contributed by atoms with Crippen molar-refractivity contribution in [3.63, 3.8) is 0 Å². The van der Waals surface area contributed by atoms with E-state index < -0.39 is 0 Å². The highest BCUT2D eigenvalue weighted by atomic mass is 79.9. The van der Waals surface area contributed by atoms with Gasteiger partial charge in [-0.05, 0) is 59.7 Å². The Morgan fingerprint density at radius 1 is 1.12 bits per heavy atom. The van der Waals surface area contributed by atoms with E-state index in [2.05, 4.69) is 30.9 Å². The number of aryl methyl sites for hydroxylation is 2. The van der Waals surface area contributed by atoms with Crippen LogP contribution in [0.5, 0.6) is 0 Å². The smallest absolute Gasteiger partial charge is 0.194 e. The Bertz CT molecular complexity index is 516. The summed E-state index contributed by atoms with van der Waals surface area (Å²) >= 11 is 4.89. The first-order chi connectivity index (χ1) is 7.65. The summed E-state index contributed by atoms with van der Waals surface area (Å²) in [5.41, 5.74) is 1.93. The Hall–Kier alpha value is -0.940. The molecular formula is C11H10BrN3S. The van der Waals surface area contributed by atoms with E-state index in [1.54, 1.807) is 6.20 Å². The van der Waals surface area contributed by atoms with Gasteiger partial charge in [-0.1, -0.05) is 0 Å². The summed E-state index contributed by atoms with van der Waals surface area (Å²) in [6.07, 6.45) is 1.76. The predicted molar refractivity (Wildman–Crippen MR) is 67.6 cm³/mol. The lowest BCUT2D eigenvalue weighted by Gasteiger charge is -2.02. The van der Waals surface area contributed by atoms with E-state index >= 15 is 0 Å². The quantitative estimate of drug-likeness (QED) is 0.796. The van der Waals surface area contributed by atoms with Crippen LogP contribution >= 0.6 is 27.7 Å². The van der Waals surface area contributed by atoms with Crippen molar-refractivity contribution >= 4 is 27.7 Å². The number of halogens is 1. The van der Waals surface area contributed by atoms with Crippen molar-refractivity contribution in [1.29, 1.82) is 0 Å². The SMILES string of the molecule is Cc1ccnc(Sc2ccc(Br)c(C)n2)n1. The summed E-state index contributed by atoms with van der Waals surface area (Å²) in [5.74, 6) is 0. The minimum absolute atomic E-state index is 0.731. The highest BCUT2D eigenvalue weighted by molar-refractivity contribution is 9.10. The molecule has 2 aromatic rings. The van der Waals surface area contributed by atoms with Crippen molar-refractivity contribution < 1.29 is 0 Å². The lowest BCUT2D eigenvalue weighted by molar-refractivity contribution is 0.925. The summed E-state index contributed by atoms with van der Waals surface area (Å²) in [6.45, 7) is 3.91. The number of hydrogen-bond donors (Lipinski definition) is 0. The molecule has 0 bridgehead atoms. The Kier molecular flexibility index (Phi) is 3.56. The van der Waals surface area contributed by atoms with Gasteiger partial charge in [-0.3, -0.25) is 0 Å². The van der Waals surface area contributed by atoms with Crippen molar-refractivity contribution in [2.45, 2.75) is 24.0 Å². The van der Waals surface area contributed by atoms with E-state index in [1.807, 2.05) is 32.0 Å². The molecule has 5 heteroatoms. The molecule has 0 unspecified atom stereocenters. The molecule has 0 N–H and O–H groups in total.